The van der Waals surface area contributed by atoms with Gasteiger partial charge in [0, 0.05) is 18.8 Å². The van der Waals surface area contributed by atoms with E-state index >= 15 is 0 Å². The van der Waals surface area contributed by atoms with E-state index in [-0.39, 0.29) is 17.6 Å². The predicted octanol–water partition coefficient (Wildman–Crippen LogP) is 2.67. The first kappa shape index (κ1) is 18.5. The van der Waals surface area contributed by atoms with Crippen LogP contribution in [0.4, 0.5) is 10.5 Å². The maximum Gasteiger partial charge on any atom is 0.319 e. The van der Waals surface area contributed by atoms with Crippen LogP contribution in [0.25, 0.3) is 0 Å². The van der Waals surface area contributed by atoms with E-state index in [2.05, 4.69) is 15.5 Å². The molecule has 0 aromatic heterocycles. The fourth-order valence-corrected chi connectivity index (χ4v) is 2.48. The van der Waals surface area contributed by atoms with Gasteiger partial charge in [-0.2, -0.15) is 0 Å². The molecule has 124 valence electrons. The van der Waals surface area contributed by atoms with Gasteiger partial charge >= 0.3 is 6.03 Å². The van der Waals surface area contributed by atoms with Gasteiger partial charge in [0.2, 0.25) is 0 Å². The van der Waals surface area contributed by atoms with Crippen molar-refractivity contribution >= 4 is 11.7 Å². The molecule has 0 spiro atoms. The van der Waals surface area contributed by atoms with E-state index in [9.17, 15) is 9.90 Å². The van der Waals surface area contributed by atoms with Crippen LogP contribution in [0.5, 0.6) is 0 Å². The van der Waals surface area contributed by atoms with E-state index in [1.807, 2.05) is 52.2 Å². The van der Waals surface area contributed by atoms with Crippen molar-refractivity contribution in [2.45, 2.75) is 39.8 Å². The lowest BCUT2D eigenvalue weighted by atomic mass is 9.87. The molecular formula is C17H29N3O2. The summed E-state index contributed by atoms with van der Waals surface area (Å²) >= 11 is 0. The SMILES string of the molecule is CC(O)CC(C)(C)CNC(=O)Nc1cccc(CN(C)C)c1. The Balaban J connectivity index is 2.51. The minimum Gasteiger partial charge on any atom is -0.393 e. The minimum atomic E-state index is -0.373. The quantitative estimate of drug-likeness (QED) is 0.725. The number of anilines is 1. The zero-order valence-corrected chi connectivity index (χ0v) is 14.3. The van der Waals surface area contributed by atoms with Crippen LogP contribution in [0.15, 0.2) is 24.3 Å². The molecule has 0 saturated carbocycles. The number of aliphatic hydroxyl groups excluding tert-OH is 1. The van der Waals surface area contributed by atoms with Crippen LogP contribution < -0.4 is 10.6 Å². The molecular weight excluding hydrogens is 278 g/mol. The molecule has 0 aliphatic heterocycles. The molecule has 1 atom stereocenters. The zero-order chi connectivity index (χ0) is 16.8. The number of hydrogen-bond donors (Lipinski definition) is 3. The topological polar surface area (TPSA) is 64.6 Å². The Morgan fingerprint density at radius 1 is 1.36 bits per heavy atom. The van der Waals surface area contributed by atoms with Crippen molar-refractivity contribution in [3.05, 3.63) is 29.8 Å². The molecule has 2 amide bonds. The number of carbonyl (C=O) groups is 1. The maximum atomic E-state index is 12.0. The average molecular weight is 307 g/mol. The van der Waals surface area contributed by atoms with E-state index < -0.39 is 0 Å². The van der Waals surface area contributed by atoms with Gasteiger partial charge in [-0.3, -0.25) is 0 Å². The Kier molecular flexibility index (Phi) is 6.84. The summed E-state index contributed by atoms with van der Waals surface area (Å²) in [4.78, 5) is 14.1. The Bertz CT molecular complexity index is 485. The third kappa shape index (κ3) is 7.43. The first-order chi connectivity index (χ1) is 10.2. The monoisotopic (exact) mass is 307 g/mol. The second kappa shape index (κ2) is 8.15. The molecule has 1 rings (SSSR count). The van der Waals surface area contributed by atoms with Crippen molar-refractivity contribution < 1.29 is 9.90 Å². The number of carbonyl (C=O) groups excluding carboxylic acids is 1. The van der Waals surface area contributed by atoms with Crippen LogP contribution >= 0.6 is 0 Å². The second-order valence-corrected chi connectivity index (χ2v) is 6.96. The summed E-state index contributed by atoms with van der Waals surface area (Å²) in [5.74, 6) is 0. The number of hydrogen-bond acceptors (Lipinski definition) is 3. The normalized spacial score (nSPS) is 13.0. The molecule has 1 aromatic carbocycles. The van der Waals surface area contributed by atoms with Gasteiger partial charge in [0.25, 0.3) is 0 Å². The molecule has 0 bridgehead atoms. The molecule has 0 aliphatic carbocycles. The van der Waals surface area contributed by atoms with Crippen LogP contribution in [0.2, 0.25) is 0 Å². The summed E-state index contributed by atoms with van der Waals surface area (Å²) in [5, 5.41) is 15.2. The van der Waals surface area contributed by atoms with Crippen molar-refractivity contribution in [1.29, 1.82) is 0 Å². The third-order valence-corrected chi connectivity index (χ3v) is 3.26. The van der Waals surface area contributed by atoms with Gasteiger partial charge in [-0.05, 0) is 50.6 Å². The standard InChI is InChI=1S/C17H29N3O2/c1-13(21)10-17(2,3)12-18-16(22)19-15-8-6-7-14(9-15)11-20(4)5/h6-9,13,21H,10-12H2,1-5H3,(H2,18,19,22). The van der Waals surface area contributed by atoms with Gasteiger partial charge < -0.3 is 20.6 Å². The zero-order valence-electron chi connectivity index (χ0n) is 14.3. The third-order valence-electron chi connectivity index (χ3n) is 3.26. The number of aliphatic hydroxyl groups is 1. The van der Waals surface area contributed by atoms with Crippen LogP contribution in [0.3, 0.4) is 0 Å². The highest BCUT2D eigenvalue weighted by Crippen LogP contribution is 2.21. The lowest BCUT2D eigenvalue weighted by Gasteiger charge is -2.26. The summed E-state index contributed by atoms with van der Waals surface area (Å²) in [6.07, 6.45) is 0.272. The van der Waals surface area contributed by atoms with E-state index in [0.717, 1.165) is 17.8 Å². The number of nitrogens with zero attached hydrogens (tertiary/aromatic N) is 1. The van der Waals surface area contributed by atoms with E-state index in [4.69, 9.17) is 0 Å². The smallest absolute Gasteiger partial charge is 0.319 e. The first-order valence-corrected chi connectivity index (χ1v) is 7.64. The fraction of sp³-hybridized carbons (Fsp3) is 0.588. The van der Waals surface area contributed by atoms with Gasteiger partial charge in [-0.15, -0.1) is 0 Å². The number of rotatable bonds is 7. The number of amides is 2. The summed E-state index contributed by atoms with van der Waals surface area (Å²) in [6.45, 7) is 7.16. The first-order valence-electron chi connectivity index (χ1n) is 7.64. The average Bonchev–Trinajstić information content (AvgIpc) is 2.34. The number of nitrogens with one attached hydrogen (secondary N) is 2. The van der Waals surface area contributed by atoms with Crippen molar-refractivity contribution in [3.8, 4) is 0 Å². The highest BCUT2D eigenvalue weighted by atomic mass is 16.3. The fourth-order valence-electron chi connectivity index (χ4n) is 2.48. The molecule has 0 heterocycles. The van der Waals surface area contributed by atoms with E-state index in [0.29, 0.717) is 13.0 Å². The summed E-state index contributed by atoms with van der Waals surface area (Å²) < 4.78 is 0. The Morgan fingerprint density at radius 2 is 2.05 bits per heavy atom. The molecule has 0 radical (unpaired) electrons. The Hall–Kier alpha value is -1.59. The highest BCUT2D eigenvalue weighted by Gasteiger charge is 2.21. The largest absolute Gasteiger partial charge is 0.393 e. The van der Waals surface area contributed by atoms with E-state index in [1.165, 1.54) is 0 Å². The van der Waals surface area contributed by atoms with Crippen LogP contribution in [0.1, 0.15) is 32.8 Å². The minimum absolute atomic E-state index is 0.141. The Labute approximate surface area is 133 Å². The molecule has 5 nitrogen and oxygen atoms in total. The van der Waals surface area contributed by atoms with Crippen LogP contribution in [0, 0.1) is 5.41 Å². The van der Waals surface area contributed by atoms with Gasteiger partial charge in [0.1, 0.15) is 0 Å². The number of benzene rings is 1. The predicted molar refractivity (Wildman–Crippen MR) is 90.9 cm³/mol. The van der Waals surface area contributed by atoms with Crippen LogP contribution in [-0.4, -0.2) is 42.8 Å². The van der Waals surface area contributed by atoms with Gasteiger partial charge in [0.15, 0.2) is 0 Å². The molecule has 0 fully saturated rings. The van der Waals surface area contributed by atoms with Gasteiger partial charge in [0.05, 0.1) is 6.10 Å². The van der Waals surface area contributed by atoms with Gasteiger partial charge in [-0.1, -0.05) is 26.0 Å². The molecule has 3 N–H and O–H groups in total. The lowest BCUT2D eigenvalue weighted by molar-refractivity contribution is 0.129. The molecule has 1 unspecified atom stereocenters. The molecule has 22 heavy (non-hydrogen) atoms. The van der Waals surface area contributed by atoms with Crippen molar-refractivity contribution in [2.24, 2.45) is 5.41 Å². The van der Waals surface area contributed by atoms with Crippen molar-refractivity contribution in [3.63, 3.8) is 0 Å². The molecule has 1 aromatic rings. The maximum absolute atomic E-state index is 12.0. The van der Waals surface area contributed by atoms with Crippen LogP contribution in [-0.2, 0) is 6.54 Å². The molecule has 0 aliphatic rings. The summed E-state index contributed by atoms with van der Waals surface area (Å²) in [5.41, 5.74) is 1.79. The molecule has 5 heteroatoms. The Morgan fingerprint density at radius 3 is 2.64 bits per heavy atom. The van der Waals surface area contributed by atoms with Crippen molar-refractivity contribution in [1.82, 2.24) is 10.2 Å². The molecule has 0 saturated heterocycles. The lowest BCUT2D eigenvalue weighted by Crippen LogP contribution is -2.38. The number of urea groups is 1. The van der Waals surface area contributed by atoms with Crippen molar-refractivity contribution in [2.75, 3.05) is 26.0 Å². The van der Waals surface area contributed by atoms with Gasteiger partial charge in [-0.25, -0.2) is 4.79 Å². The highest BCUT2D eigenvalue weighted by molar-refractivity contribution is 5.89. The second-order valence-electron chi connectivity index (χ2n) is 6.96. The van der Waals surface area contributed by atoms with E-state index in [1.54, 1.807) is 6.92 Å². The summed E-state index contributed by atoms with van der Waals surface area (Å²) in [7, 11) is 4.02. The summed E-state index contributed by atoms with van der Waals surface area (Å²) in [6, 6.07) is 7.60.